The molecule has 0 bridgehead atoms. The van der Waals surface area contributed by atoms with Crippen molar-refractivity contribution in [2.24, 2.45) is 0 Å². The van der Waals surface area contributed by atoms with Crippen molar-refractivity contribution < 1.29 is 9.59 Å². The number of nitrogens with zero attached hydrogens (tertiary/aromatic N) is 1. The molecule has 1 heterocycles. The lowest BCUT2D eigenvalue weighted by molar-refractivity contribution is -0.126. The van der Waals surface area contributed by atoms with E-state index >= 15 is 0 Å². The maximum Gasteiger partial charge on any atom is 0.230 e. The minimum Gasteiger partial charge on any atom is -0.355 e. The molecule has 2 amide bonds. The van der Waals surface area contributed by atoms with Gasteiger partial charge in [0.2, 0.25) is 11.8 Å². The van der Waals surface area contributed by atoms with E-state index in [-0.39, 0.29) is 11.8 Å². The molecule has 0 spiro atoms. The van der Waals surface area contributed by atoms with Gasteiger partial charge in [0.25, 0.3) is 0 Å². The van der Waals surface area contributed by atoms with Gasteiger partial charge >= 0.3 is 0 Å². The fourth-order valence-corrected chi connectivity index (χ4v) is 5.80. The molecule has 2 fully saturated rings. The summed E-state index contributed by atoms with van der Waals surface area (Å²) in [6, 6.07) is 16.1. The number of anilines is 1. The average molecular weight is 496 g/mol. The van der Waals surface area contributed by atoms with Crippen LogP contribution in [0.4, 0.5) is 5.69 Å². The number of hydrogen-bond donors (Lipinski definition) is 2. The van der Waals surface area contributed by atoms with Gasteiger partial charge in [0, 0.05) is 23.7 Å². The Morgan fingerprint density at radius 3 is 2.46 bits per heavy atom. The summed E-state index contributed by atoms with van der Waals surface area (Å²) in [6.45, 7) is 5.73. The van der Waals surface area contributed by atoms with Crippen LogP contribution in [-0.4, -0.2) is 42.9 Å². The van der Waals surface area contributed by atoms with Gasteiger partial charge < -0.3 is 15.5 Å². The van der Waals surface area contributed by atoms with Gasteiger partial charge in [0.1, 0.15) is 0 Å². The number of hydrogen-bond acceptors (Lipinski definition) is 3. The summed E-state index contributed by atoms with van der Waals surface area (Å²) >= 11 is 6.07. The van der Waals surface area contributed by atoms with E-state index in [0.717, 1.165) is 75.8 Å². The monoisotopic (exact) mass is 495 g/mol. The van der Waals surface area contributed by atoms with Crippen LogP contribution in [0.25, 0.3) is 0 Å². The summed E-state index contributed by atoms with van der Waals surface area (Å²) in [7, 11) is 0. The first-order valence-electron chi connectivity index (χ1n) is 13.2. The number of benzene rings is 2. The van der Waals surface area contributed by atoms with Crippen molar-refractivity contribution in [2.75, 3.05) is 31.5 Å². The Balaban J connectivity index is 1.21. The molecule has 2 aromatic carbocycles. The van der Waals surface area contributed by atoms with E-state index in [9.17, 15) is 9.59 Å². The Hall–Kier alpha value is -2.37. The van der Waals surface area contributed by atoms with E-state index in [1.165, 1.54) is 5.56 Å². The fraction of sp³-hybridized carbons (Fsp3) is 0.517. The van der Waals surface area contributed by atoms with Crippen LogP contribution in [0, 0.1) is 0 Å². The molecule has 35 heavy (non-hydrogen) atoms. The van der Waals surface area contributed by atoms with Crippen molar-refractivity contribution in [1.82, 2.24) is 10.2 Å². The molecule has 0 radical (unpaired) electrons. The Bertz CT molecular complexity index is 993. The summed E-state index contributed by atoms with van der Waals surface area (Å²) in [4.78, 5) is 27.5. The lowest BCUT2D eigenvalue weighted by atomic mass is 9.78. The molecule has 188 valence electrons. The summed E-state index contributed by atoms with van der Waals surface area (Å²) in [5, 5.41) is 6.93. The Morgan fingerprint density at radius 1 is 1.06 bits per heavy atom. The number of halogens is 1. The van der Waals surface area contributed by atoms with Crippen LogP contribution in [-0.2, 0) is 15.0 Å². The molecule has 2 aliphatic rings. The Morgan fingerprint density at radius 2 is 1.77 bits per heavy atom. The normalized spacial score (nSPS) is 18.3. The molecule has 5 nitrogen and oxygen atoms in total. The van der Waals surface area contributed by atoms with Crippen LogP contribution in [0.5, 0.6) is 0 Å². The molecule has 4 rings (SSSR count). The quantitative estimate of drug-likeness (QED) is 0.426. The lowest BCUT2D eigenvalue weighted by Crippen LogP contribution is -2.43. The fourth-order valence-electron chi connectivity index (χ4n) is 5.68. The summed E-state index contributed by atoms with van der Waals surface area (Å²) in [5.41, 5.74) is 2.91. The van der Waals surface area contributed by atoms with E-state index in [4.69, 9.17) is 11.6 Å². The smallest absolute Gasteiger partial charge is 0.230 e. The predicted octanol–water partition coefficient (Wildman–Crippen LogP) is 5.89. The van der Waals surface area contributed by atoms with E-state index in [1.807, 2.05) is 43.3 Å². The zero-order valence-corrected chi connectivity index (χ0v) is 21.6. The predicted molar refractivity (Wildman–Crippen MR) is 143 cm³/mol. The highest BCUT2D eigenvalue weighted by molar-refractivity contribution is 6.30. The van der Waals surface area contributed by atoms with Crippen molar-refractivity contribution >= 4 is 29.1 Å². The van der Waals surface area contributed by atoms with E-state index < -0.39 is 5.41 Å². The highest BCUT2D eigenvalue weighted by Gasteiger charge is 2.42. The van der Waals surface area contributed by atoms with Gasteiger partial charge in [-0.3, -0.25) is 9.59 Å². The van der Waals surface area contributed by atoms with Crippen molar-refractivity contribution in [3.05, 3.63) is 64.7 Å². The molecule has 2 N–H and O–H groups in total. The van der Waals surface area contributed by atoms with Gasteiger partial charge in [0.05, 0.1) is 5.41 Å². The van der Waals surface area contributed by atoms with Crippen LogP contribution < -0.4 is 10.6 Å². The van der Waals surface area contributed by atoms with E-state index in [2.05, 4.69) is 27.7 Å². The summed E-state index contributed by atoms with van der Waals surface area (Å²) in [5.74, 6) is 0.758. The second-order valence-electron chi connectivity index (χ2n) is 10.0. The molecular formula is C29H38ClN3O2. The Labute approximate surface area is 214 Å². The van der Waals surface area contributed by atoms with Gasteiger partial charge in [-0.25, -0.2) is 0 Å². The first kappa shape index (κ1) is 25.7. The molecule has 1 saturated heterocycles. The van der Waals surface area contributed by atoms with Gasteiger partial charge in [-0.15, -0.1) is 0 Å². The highest BCUT2D eigenvalue weighted by atomic mass is 35.5. The van der Waals surface area contributed by atoms with Crippen LogP contribution in [0.3, 0.4) is 0 Å². The highest BCUT2D eigenvalue weighted by Crippen LogP contribution is 2.41. The molecule has 0 aromatic heterocycles. The van der Waals surface area contributed by atoms with Gasteiger partial charge in [-0.05, 0) is 93.0 Å². The number of amides is 2. The minimum absolute atomic E-state index is 0.0519. The second kappa shape index (κ2) is 12.0. The topological polar surface area (TPSA) is 61.4 Å². The SMILES string of the molecule is CCC(=O)Nc1cccc(C2CCN(CCCNC(=O)C3(c4ccc(Cl)cc4)CCCC3)CC2)c1. The summed E-state index contributed by atoms with van der Waals surface area (Å²) in [6.07, 6.45) is 7.72. The number of carbonyl (C=O) groups is 2. The van der Waals surface area contributed by atoms with Crippen molar-refractivity contribution in [3.63, 3.8) is 0 Å². The number of likely N-dealkylation sites (tertiary alicyclic amines) is 1. The third kappa shape index (κ3) is 6.45. The number of nitrogens with one attached hydrogen (secondary N) is 2. The van der Waals surface area contributed by atoms with Crippen molar-refractivity contribution in [2.45, 2.75) is 69.6 Å². The van der Waals surface area contributed by atoms with E-state index in [1.54, 1.807) is 0 Å². The summed E-state index contributed by atoms with van der Waals surface area (Å²) < 4.78 is 0. The van der Waals surface area contributed by atoms with Crippen LogP contribution in [0.2, 0.25) is 5.02 Å². The first-order chi connectivity index (χ1) is 17.0. The number of carbonyl (C=O) groups excluding carboxylic acids is 2. The lowest BCUT2D eigenvalue weighted by Gasteiger charge is -2.32. The van der Waals surface area contributed by atoms with Gasteiger partial charge in [-0.1, -0.05) is 55.6 Å². The Kier molecular flexibility index (Phi) is 8.85. The zero-order chi connectivity index (χ0) is 24.7. The second-order valence-corrected chi connectivity index (χ2v) is 10.5. The molecule has 6 heteroatoms. The molecular weight excluding hydrogens is 458 g/mol. The van der Waals surface area contributed by atoms with Gasteiger partial charge in [-0.2, -0.15) is 0 Å². The molecule has 2 aromatic rings. The van der Waals surface area contributed by atoms with Gasteiger partial charge in [0.15, 0.2) is 0 Å². The van der Waals surface area contributed by atoms with Crippen molar-refractivity contribution in [1.29, 1.82) is 0 Å². The van der Waals surface area contributed by atoms with Crippen LogP contribution in [0.1, 0.15) is 75.3 Å². The third-order valence-corrected chi connectivity index (χ3v) is 8.03. The van der Waals surface area contributed by atoms with Crippen LogP contribution >= 0.6 is 11.6 Å². The molecule has 1 saturated carbocycles. The zero-order valence-electron chi connectivity index (χ0n) is 20.8. The minimum atomic E-state index is -0.395. The maximum absolute atomic E-state index is 13.2. The average Bonchev–Trinajstić information content (AvgIpc) is 3.39. The number of rotatable bonds is 9. The molecule has 0 unspecified atom stereocenters. The van der Waals surface area contributed by atoms with E-state index in [0.29, 0.717) is 23.9 Å². The number of piperidine rings is 1. The molecule has 1 aliphatic heterocycles. The standard InChI is InChI=1S/C29H38ClN3O2/c1-2-27(34)32-26-8-5-7-23(21-26)22-13-19-33(20-14-22)18-6-17-31-28(35)29(15-3-4-16-29)24-9-11-25(30)12-10-24/h5,7-12,21-22H,2-4,6,13-20H2,1H3,(H,31,35)(H,32,34). The molecule has 1 aliphatic carbocycles. The van der Waals surface area contributed by atoms with Crippen molar-refractivity contribution in [3.8, 4) is 0 Å². The maximum atomic E-state index is 13.2. The van der Waals surface area contributed by atoms with Crippen LogP contribution in [0.15, 0.2) is 48.5 Å². The third-order valence-electron chi connectivity index (χ3n) is 7.78. The molecule has 0 atom stereocenters. The largest absolute Gasteiger partial charge is 0.355 e. The first-order valence-corrected chi connectivity index (χ1v) is 13.5.